The van der Waals surface area contributed by atoms with Crippen molar-refractivity contribution in [3.05, 3.63) is 53.2 Å². The maximum atomic E-state index is 12.8. The first-order valence-corrected chi connectivity index (χ1v) is 7.49. The Balaban J connectivity index is 1.85. The van der Waals surface area contributed by atoms with Crippen LogP contribution < -0.4 is 10.6 Å². The third-order valence-corrected chi connectivity index (χ3v) is 3.93. The van der Waals surface area contributed by atoms with Crippen LogP contribution >= 0.6 is 0 Å². The van der Waals surface area contributed by atoms with E-state index in [1.54, 1.807) is 12.1 Å². The molecule has 0 spiro atoms. The number of carbonyl (C=O) groups is 1. The van der Waals surface area contributed by atoms with Crippen molar-refractivity contribution in [2.75, 3.05) is 17.2 Å². The minimum atomic E-state index is -4.60. The van der Waals surface area contributed by atoms with Crippen LogP contribution in [0.25, 0.3) is 0 Å². The fourth-order valence-corrected chi connectivity index (χ4v) is 2.75. The monoisotopic (exact) mass is 346 g/mol. The van der Waals surface area contributed by atoms with Gasteiger partial charge in [-0.05, 0) is 23.8 Å². The SMILES string of the molecule is N#Cc1ccc(C(F)(F)F)nc1NCC1CC(=O)Nc2ccccc21. The van der Waals surface area contributed by atoms with Crippen LogP contribution in [0, 0.1) is 11.3 Å². The van der Waals surface area contributed by atoms with Crippen molar-refractivity contribution < 1.29 is 18.0 Å². The van der Waals surface area contributed by atoms with Crippen molar-refractivity contribution in [3.8, 4) is 6.07 Å². The molecule has 0 radical (unpaired) electrons. The molecular weight excluding hydrogens is 333 g/mol. The van der Waals surface area contributed by atoms with Crippen molar-refractivity contribution in [3.63, 3.8) is 0 Å². The molecule has 0 saturated heterocycles. The molecule has 2 N–H and O–H groups in total. The summed E-state index contributed by atoms with van der Waals surface area (Å²) in [6, 6.07) is 10.9. The molecule has 25 heavy (non-hydrogen) atoms. The second kappa shape index (κ2) is 6.43. The lowest BCUT2D eigenvalue weighted by Crippen LogP contribution is -2.27. The van der Waals surface area contributed by atoms with Gasteiger partial charge in [0.05, 0.1) is 5.56 Å². The van der Waals surface area contributed by atoms with Crippen molar-refractivity contribution >= 4 is 17.4 Å². The van der Waals surface area contributed by atoms with E-state index in [4.69, 9.17) is 5.26 Å². The number of amides is 1. The number of para-hydroxylation sites is 1. The normalized spacial score (nSPS) is 16.6. The molecule has 1 aliphatic rings. The van der Waals surface area contributed by atoms with Gasteiger partial charge in [0, 0.05) is 24.6 Å². The van der Waals surface area contributed by atoms with Gasteiger partial charge in [0.25, 0.3) is 0 Å². The summed E-state index contributed by atoms with van der Waals surface area (Å²) in [7, 11) is 0. The molecule has 0 bridgehead atoms. The summed E-state index contributed by atoms with van der Waals surface area (Å²) in [5.41, 5.74) is 0.514. The Morgan fingerprint density at radius 1 is 1.28 bits per heavy atom. The first-order chi connectivity index (χ1) is 11.9. The van der Waals surface area contributed by atoms with E-state index in [1.807, 2.05) is 18.2 Å². The molecule has 128 valence electrons. The van der Waals surface area contributed by atoms with Gasteiger partial charge in [-0.2, -0.15) is 18.4 Å². The van der Waals surface area contributed by atoms with Gasteiger partial charge >= 0.3 is 6.18 Å². The highest BCUT2D eigenvalue weighted by atomic mass is 19.4. The Hall–Kier alpha value is -3.08. The van der Waals surface area contributed by atoms with E-state index in [2.05, 4.69) is 15.6 Å². The molecule has 8 heteroatoms. The van der Waals surface area contributed by atoms with Gasteiger partial charge in [0.15, 0.2) is 0 Å². The highest BCUT2D eigenvalue weighted by Crippen LogP contribution is 2.33. The standard InChI is InChI=1S/C17H13F3N4O/c18-17(19,20)14-6-5-10(8-21)16(24-14)22-9-11-7-15(25)23-13-4-2-1-3-12(11)13/h1-6,11H,7,9H2,(H,22,24)(H,23,25). The predicted octanol–water partition coefficient (Wildman–Crippen LogP) is 3.51. The molecule has 1 aromatic carbocycles. The molecule has 1 atom stereocenters. The second-order valence-corrected chi connectivity index (χ2v) is 5.62. The summed E-state index contributed by atoms with van der Waals surface area (Å²) in [6.07, 6.45) is -4.40. The number of anilines is 2. The van der Waals surface area contributed by atoms with Crippen molar-refractivity contribution in [1.82, 2.24) is 4.98 Å². The molecule has 0 fully saturated rings. The largest absolute Gasteiger partial charge is 0.433 e. The zero-order chi connectivity index (χ0) is 18.0. The van der Waals surface area contributed by atoms with Gasteiger partial charge < -0.3 is 10.6 Å². The van der Waals surface area contributed by atoms with Crippen LogP contribution in [0.1, 0.15) is 29.2 Å². The third-order valence-electron chi connectivity index (χ3n) is 3.93. The minimum Gasteiger partial charge on any atom is -0.368 e. The average molecular weight is 346 g/mol. The number of carbonyl (C=O) groups excluding carboxylic acids is 1. The maximum Gasteiger partial charge on any atom is 0.433 e. The van der Waals surface area contributed by atoms with E-state index in [-0.39, 0.29) is 36.2 Å². The summed E-state index contributed by atoms with van der Waals surface area (Å²) in [5.74, 6) is -0.531. The van der Waals surface area contributed by atoms with Gasteiger partial charge in [0.1, 0.15) is 17.6 Å². The Morgan fingerprint density at radius 3 is 2.76 bits per heavy atom. The van der Waals surface area contributed by atoms with Crippen molar-refractivity contribution in [1.29, 1.82) is 5.26 Å². The Labute approximate surface area is 141 Å². The Morgan fingerprint density at radius 2 is 2.04 bits per heavy atom. The third kappa shape index (κ3) is 3.55. The van der Waals surface area contributed by atoms with E-state index in [9.17, 15) is 18.0 Å². The number of halogens is 3. The lowest BCUT2D eigenvalue weighted by Gasteiger charge is -2.26. The lowest BCUT2D eigenvalue weighted by molar-refractivity contribution is -0.141. The smallest absolute Gasteiger partial charge is 0.368 e. The summed E-state index contributed by atoms with van der Waals surface area (Å²) in [5, 5.41) is 14.6. The molecule has 1 aliphatic heterocycles. The fraction of sp³-hybridized carbons (Fsp3) is 0.235. The van der Waals surface area contributed by atoms with Crippen LogP contribution in [-0.2, 0) is 11.0 Å². The first-order valence-electron chi connectivity index (χ1n) is 7.49. The van der Waals surface area contributed by atoms with Crippen LogP contribution in [-0.4, -0.2) is 17.4 Å². The molecule has 1 amide bonds. The maximum absolute atomic E-state index is 12.8. The van der Waals surface area contributed by atoms with E-state index < -0.39 is 11.9 Å². The molecule has 1 unspecified atom stereocenters. The zero-order valence-corrected chi connectivity index (χ0v) is 12.9. The number of fused-ring (bicyclic) bond motifs is 1. The predicted molar refractivity (Wildman–Crippen MR) is 84.9 cm³/mol. The summed E-state index contributed by atoms with van der Waals surface area (Å²) in [6.45, 7) is 0.188. The van der Waals surface area contributed by atoms with Crippen LogP contribution in [0.3, 0.4) is 0 Å². The topological polar surface area (TPSA) is 77.8 Å². The number of nitrogens with one attached hydrogen (secondary N) is 2. The zero-order valence-electron chi connectivity index (χ0n) is 12.9. The van der Waals surface area contributed by atoms with Gasteiger partial charge in [0.2, 0.25) is 5.91 Å². The number of alkyl halides is 3. The number of aromatic nitrogens is 1. The average Bonchev–Trinajstić information content (AvgIpc) is 2.58. The number of hydrogen-bond acceptors (Lipinski definition) is 4. The molecule has 0 aliphatic carbocycles. The van der Waals surface area contributed by atoms with E-state index in [0.29, 0.717) is 5.69 Å². The minimum absolute atomic E-state index is 0.0153. The van der Waals surface area contributed by atoms with Crippen molar-refractivity contribution in [2.45, 2.75) is 18.5 Å². The number of nitriles is 1. The van der Waals surface area contributed by atoms with E-state index in [1.165, 1.54) is 0 Å². The van der Waals surface area contributed by atoms with Gasteiger partial charge in [-0.3, -0.25) is 4.79 Å². The van der Waals surface area contributed by atoms with Gasteiger partial charge in [-0.25, -0.2) is 4.98 Å². The molecule has 2 aromatic rings. The number of pyridine rings is 1. The molecular formula is C17H13F3N4O. The van der Waals surface area contributed by atoms with E-state index in [0.717, 1.165) is 17.7 Å². The second-order valence-electron chi connectivity index (χ2n) is 5.62. The first kappa shape index (κ1) is 16.8. The Kier molecular flexibility index (Phi) is 4.31. The highest BCUT2D eigenvalue weighted by molar-refractivity contribution is 5.94. The summed E-state index contributed by atoms with van der Waals surface area (Å²) >= 11 is 0. The number of hydrogen-bond donors (Lipinski definition) is 2. The summed E-state index contributed by atoms with van der Waals surface area (Å²) < 4.78 is 38.5. The van der Waals surface area contributed by atoms with Crippen molar-refractivity contribution in [2.24, 2.45) is 0 Å². The van der Waals surface area contributed by atoms with Crippen LogP contribution in [0.4, 0.5) is 24.7 Å². The van der Waals surface area contributed by atoms with Crippen LogP contribution in [0.2, 0.25) is 0 Å². The number of rotatable bonds is 3. The van der Waals surface area contributed by atoms with Crippen LogP contribution in [0.5, 0.6) is 0 Å². The molecule has 3 rings (SSSR count). The van der Waals surface area contributed by atoms with Gasteiger partial charge in [-0.1, -0.05) is 18.2 Å². The fourth-order valence-electron chi connectivity index (χ4n) is 2.75. The molecule has 2 heterocycles. The highest BCUT2D eigenvalue weighted by Gasteiger charge is 2.33. The van der Waals surface area contributed by atoms with Crippen LogP contribution in [0.15, 0.2) is 36.4 Å². The molecule has 1 aromatic heterocycles. The lowest BCUT2D eigenvalue weighted by atomic mass is 9.90. The number of nitrogens with zero attached hydrogens (tertiary/aromatic N) is 2. The Bertz CT molecular complexity index is 858. The summed E-state index contributed by atoms with van der Waals surface area (Å²) in [4.78, 5) is 15.3. The van der Waals surface area contributed by atoms with E-state index >= 15 is 0 Å². The molecule has 0 saturated carbocycles. The number of benzene rings is 1. The quantitative estimate of drug-likeness (QED) is 0.891. The van der Waals surface area contributed by atoms with Gasteiger partial charge in [-0.15, -0.1) is 0 Å². The molecule has 5 nitrogen and oxygen atoms in total.